The molecule has 1 heterocycles. The Labute approximate surface area is 185 Å². The quantitative estimate of drug-likeness (QED) is 0.288. The average Bonchev–Trinajstić information content (AvgIpc) is 2.65. The van der Waals surface area contributed by atoms with E-state index in [1.54, 1.807) is 24.3 Å². The average molecular weight is 550 g/mol. The summed E-state index contributed by atoms with van der Waals surface area (Å²) in [6.07, 6.45) is 0.694. The van der Waals surface area contributed by atoms with Crippen molar-refractivity contribution in [3.8, 4) is 5.75 Å². The second kappa shape index (κ2) is 11.2. The van der Waals surface area contributed by atoms with E-state index < -0.39 is 15.5 Å². The van der Waals surface area contributed by atoms with Gasteiger partial charge in [-0.1, -0.05) is 12.1 Å². The SMILES string of the molecule is CCNC(=NCc1ccc(O)cc1)NCC1CCN(S(=O)(=O)C(F)(F)F)CC1.I. The Morgan fingerprint density at radius 3 is 2.31 bits per heavy atom. The van der Waals surface area contributed by atoms with Gasteiger partial charge in [-0.15, -0.1) is 24.0 Å². The number of guanidine groups is 1. The van der Waals surface area contributed by atoms with Gasteiger partial charge in [0.25, 0.3) is 0 Å². The highest BCUT2D eigenvalue weighted by Crippen LogP contribution is 2.30. The molecule has 0 aliphatic carbocycles. The summed E-state index contributed by atoms with van der Waals surface area (Å²) in [5, 5.41) is 15.5. The second-order valence-electron chi connectivity index (χ2n) is 6.54. The molecule has 1 aliphatic rings. The Morgan fingerprint density at radius 2 is 1.79 bits per heavy atom. The molecule has 3 N–H and O–H groups in total. The number of alkyl halides is 3. The smallest absolute Gasteiger partial charge is 0.508 e. The molecule has 2 rings (SSSR count). The van der Waals surface area contributed by atoms with E-state index in [0.717, 1.165) is 5.56 Å². The van der Waals surface area contributed by atoms with Gasteiger partial charge in [-0.3, -0.25) is 0 Å². The lowest BCUT2D eigenvalue weighted by Gasteiger charge is -2.31. The molecule has 29 heavy (non-hydrogen) atoms. The highest BCUT2D eigenvalue weighted by molar-refractivity contribution is 14.0. The number of hydrogen-bond acceptors (Lipinski definition) is 4. The number of phenolic OH excluding ortho intramolecular Hbond substituents is 1. The number of nitrogens with one attached hydrogen (secondary N) is 2. The van der Waals surface area contributed by atoms with Gasteiger partial charge in [0.1, 0.15) is 5.75 Å². The molecule has 0 saturated carbocycles. The van der Waals surface area contributed by atoms with Crippen molar-refractivity contribution in [2.75, 3.05) is 26.2 Å². The van der Waals surface area contributed by atoms with Gasteiger partial charge in [0.05, 0.1) is 6.54 Å². The molecule has 1 saturated heterocycles. The Bertz CT molecular complexity index is 765. The largest absolute Gasteiger partial charge is 0.511 e. The molecule has 0 atom stereocenters. The summed E-state index contributed by atoms with van der Waals surface area (Å²) >= 11 is 0. The molecular weight excluding hydrogens is 524 g/mol. The van der Waals surface area contributed by atoms with E-state index in [9.17, 15) is 26.7 Å². The minimum atomic E-state index is -5.25. The summed E-state index contributed by atoms with van der Waals surface area (Å²) < 4.78 is 61.3. The third-order valence-electron chi connectivity index (χ3n) is 4.46. The molecule has 0 unspecified atom stereocenters. The van der Waals surface area contributed by atoms with Gasteiger partial charge >= 0.3 is 15.5 Å². The molecule has 0 amide bonds. The van der Waals surface area contributed by atoms with E-state index >= 15 is 0 Å². The van der Waals surface area contributed by atoms with Crippen LogP contribution in [0.15, 0.2) is 29.3 Å². The number of hydrogen-bond donors (Lipinski definition) is 3. The van der Waals surface area contributed by atoms with E-state index in [1.807, 2.05) is 6.92 Å². The standard InChI is InChI=1S/C17H25F3N4O3S.HI/c1-2-21-16(22-11-13-3-5-15(25)6-4-13)23-12-14-7-9-24(10-8-14)28(26,27)17(18,19)20;/h3-6,14,25H,2,7-12H2,1H3,(H2,21,22,23);1H. The summed E-state index contributed by atoms with van der Waals surface area (Å²) in [6.45, 7) is 3.16. The summed E-state index contributed by atoms with van der Waals surface area (Å²) in [5.74, 6) is 0.801. The molecule has 0 bridgehead atoms. The zero-order chi connectivity index (χ0) is 20.8. The maximum absolute atomic E-state index is 12.6. The van der Waals surface area contributed by atoms with Crippen molar-refractivity contribution in [2.24, 2.45) is 10.9 Å². The van der Waals surface area contributed by atoms with Crippen LogP contribution in [0.2, 0.25) is 0 Å². The van der Waals surface area contributed by atoms with Crippen LogP contribution in [0, 0.1) is 5.92 Å². The van der Waals surface area contributed by atoms with Crippen LogP contribution >= 0.6 is 24.0 Å². The fourth-order valence-electron chi connectivity index (χ4n) is 2.85. The Hall–Kier alpha value is -1.28. The van der Waals surface area contributed by atoms with Crippen molar-refractivity contribution in [1.29, 1.82) is 0 Å². The normalized spacial score (nSPS) is 16.9. The number of aromatic hydroxyl groups is 1. The molecule has 0 radical (unpaired) electrons. The van der Waals surface area contributed by atoms with Gasteiger partial charge in [0, 0.05) is 26.2 Å². The number of rotatable bonds is 6. The molecule has 1 aromatic rings. The van der Waals surface area contributed by atoms with Gasteiger partial charge in [0.2, 0.25) is 0 Å². The van der Waals surface area contributed by atoms with Crippen LogP contribution < -0.4 is 10.6 Å². The highest BCUT2D eigenvalue weighted by atomic mass is 127. The number of nitrogens with zero attached hydrogens (tertiary/aromatic N) is 2. The topological polar surface area (TPSA) is 94.0 Å². The third kappa shape index (κ3) is 7.48. The Balaban J connectivity index is 0.00000420. The first kappa shape index (κ1) is 25.8. The molecule has 12 heteroatoms. The summed E-state index contributed by atoms with van der Waals surface area (Å²) in [5.41, 5.74) is -4.34. The lowest BCUT2D eigenvalue weighted by molar-refractivity contribution is -0.0496. The van der Waals surface area contributed by atoms with Crippen LogP contribution in [-0.2, 0) is 16.6 Å². The van der Waals surface area contributed by atoms with Crippen LogP contribution in [0.1, 0.15) is 25.3 Å². The monoisotopic (exact) mass is 550 g/mol. The predicted molar refractivity (Wildman–Crippen MR) is 116 cm³/mol. The second-order valence-corrected chi connectivity index (χ2v) is 8.47. The van der Waals surface area contributed by atoms with Gasteiger partial charge in [-0.05, 0) is 43.4 Å². The van der Waals surface area contributed by atoms with Crippen molar-refractivity contribution in [1.82, 2.24) is 14.9 Å². The number of sulfonamides is 1. The van der Waals surface area contributed by atoms with E-state index in [2.05, 4.69) is 15.6 Å². The van der Waals surface area contributed by atoms with E-state index in [4.69, 9.17) is 0 Å². The van der Waals surface area contributed by atoms with Crippen LogP contribution in [0.4, 0.5) is 13.2 Å². The fourth-order valence-corrected chi connectivity index (χ4v) is 3.84. The third-order valence-corrected chi connectivity index (χ3v) is 6.09. The zero-order valence-corrected chi connectivity index (χ0v) is 19.1. The van der Waals surface area contributed by atoms with Gasteiger partial charge < -0.3 is 15.7 Å². The lowest BCUT2D eigenvalue weighted by atomic mass is 9.98. The molecule has 7 nitrogen and oxygen atoms in total. The summed E-state index contributed by atoms with van der Waals surface area (Å²) in [7, 11) is -5.25. The number of phenols is 1. The van der Waals surface area contributed by atoms with Crippen molar-refractivity contribution in [3.05, 3.63) is 29.8 Å². The van der Waals surface area contributed by atoms with Crippen LogP contribution in [0.5, 0.6) is 5.75 Å². The molecule has 0 spiro atoms. The van der Waals surface area contributed by atoms with Crippen molar-refractivity contribution in [3.63, 3.8) is 0 Å². The van der Waals surface area contributed by atoms with Gasteiger partial charge in [-0.25, -0.2) is 13.4 Å². The van der Waals surface area contributed by atoms with Crippen molar-refractivity contribution < 1.29 is 26.7 Å². The predicted octanol–water partition coefficient (Wildman–Crippen LogP) is 2.63. The van der Waals surface area contributed by atoms with Crippen molar-refractivity contribution >= 4 is 40.0 Å². The first-order valence-corrected chi connectivity index (χ1v) is 10.4. The minimum absolute atomic E-state index is 0. The van der Waals surface area contributed by atoms with Crippen LogP contribution in [0.3, 0.4) is 0 Å². The molecule has 1 aromatic carbocycles. The Morgan fingerprint density at radius 1 is 1.21 bits per heavy atom. The van der Waals surface area contributed by atoms with E-state index in [0.29, 0.717) is 42.7 Å². The fraction of sp³-hybridized carbons (Fsp3) is 0.588. The molecule has 0 aromatic heterocycles. The first-order valence-electron chi connectivity index (χ1n) is 9.00. The minimum Gasteiger partial charge on any atom is -0.508 e. The molecule has 166 valence electrons. The number of halogens is 4. The van der Waals surface area contributed by atoms with Crippen molar-refractivity contribution in [2.45, 2.75) is 31.8 Å². The summed E-state index contributed by atoms with van der Waals surface area (Å²) in [6, 6.07) is 6.68. The van der Waals surface area contributed by atoms with E-state index in [1.165, 1.54) is 0 Å². The Kier molecular flexibility index (Phi) is 9.95. The first-order chi connectivity index (χ1) is 13.1. The number of piperidine rings is 1. The zero-order valence-electron chi connectivity index (χ0n) is 15.9. The maximum atomic E-state index is 12.6. The highest BCUT2D eigenvalue weighted by Gasteiger charge is 2.50. The molecule has 1 fully saturated rings. The lowest BCUT2D eigenvalue weighted by Crippen LogP contribution is -2.47. The molecular formula is C17H26F3IN4O3S. The summed E-state index contributed by atoms with van der Waals surface area (Å²) in [4.78, 5) is 4.44. The van der Waals surface area contributed by atoms with E-state index in [-0.39, 0.29) is 48.7 Å². The van der Waals surface area contributed by atoms with Crippen LogP contribution in [0.25, 0.3) is 0 Å². The number of aliphatic imine (C=N–C) groups is 1. The number of benzene rings is 1. The molecule has 1 aliphatic heterocycles. The van der Waals surface area contributed by atoms with Gasteiger partial charge in [-0.2, -0.15) is 17.5 Å². The van der Waals surface area contributed by atoms with Gasteiger partial charge in [0.15, 0.2) is 5.96 Å². The van der Waals surface area contributed by atoms with Crippen LogP contribution in [-0.4, -0.2) is 55.5 Å². The maximum Gasteiger partial charge on any atom is 0.511 e.